The quantitative estimate of drug-likeness (QED) is 0.773. The first-order valence-electron chi connectivity index (χ1n) is 5.81. The Bertz CT molecular complexity index is 302. The molecule has 16 heavy (non-hydrogen) atoms. The Morgan fingerprint density at radius 1 is 1.25 bits per heavy atom. The SMILES string of the molecule is CC(C)NCCCCOc1ccccc1Br. The highest BCUT2D eigenvalue weighted by Crippen LogP contribution is 2.23. The van der Waals surface area contributed by atoms with E-state index >= 15 is 0 Å². The van der Waals surface area contributed by atoms with Crippen molar-refractivity contribution >= 4 is 15.9 Å². The number of nitrogens with one attached hydrogen (secondary N) is 1. The zero-order valence-corrected chi connectivity index (χ0v) is 11.6. The molecule has 0 fully saturated rings. The first-order valence-corrected chi connectivity index (χ1v) is 6.60. The Labute approximate surface area is 107 Å². The summed E-state index contributed by atoms with van der Waals surface area (Å²) in [6.07, 6.45) is 2.24. The summed E-state index contributed by atoms with van der Waals surface area (Å²) in [5.41, 5.74) is 0. The Morgan fingerprint density at radius 2 is 2.00 bits per heavy atom. The molecule has 2 nitrogen and oxygen atoms in total. The van der Waals surface area contributed by atoms with Crippen molar-refractivity contribution in [1.82, 2.24) is 5.32 Å². The average Bonchev–Trinajstić information content (AvgIpc) is 2.25. The van der Waals surface area contributed by atoms with Gasteiger partial charge in [0.2, 0.25) is 0 Å². The monoisotopic (exact) mass is 285 g/mol. The van der Waals surface area contributed by atoms with E-state index in [9.17, 15) is 0 Å². The maximum Gasteiger partial charge on any atom is 0.133 e. The van der Waals surface area contributed by atoms with Crippen LogP contribution in [0.2, 0.25) is 0 Å². The minimum Gasteiger partial charge on any atom is -0.492 e. The van der Waals surface area contributed by atoms with E-state index in [4.69, 9.17) is 4.74 Å². The number of halogens is 1. The maximum absolute atomic E-state index is 5.67. The van der Waals surface area contributed by atoms with E-state index in [1.54, 1.807) is 0 Å². The van der Waals surface area contributed by atoms with Gasteiger partial charge in [0.25, 0.3) is 0 Å². The van der Waals surface area contributed by atoms with Crippen molar-refractivity contribution in [2.45, 2.75) is 32.7 Å². The topological polar surface area (TPSA) is 21.3 Å². The molecule has 0 aliphatic carbocycles. The Balaban J connectivity index is 2.10. The molecule has 1 N–H and O–H groups in total. The molecular weight excluding hydrogens is 266 g/mol. The molecule has 0 amide bonds. The molecule has 0 saturated heterocycles. The first kappa shape index (κ1) is 13.5. The third kappa shape index (κ3) is 5.52. The van der Waals surface area contributed by atoms with Crippen LogP contribution < -0.4 is 10.1 Å². The molecule has 1 aromatic rings. The summed E-state index contributed by atoms with van der Waals surface area (Å²) < 4.78 is 6.69. The summed E-state index contributed by atoms with van der Waals surface area (Å²) in [6.45, 7) is 6.18. The fraction of sp³-hybridized carbons (Fsp3) is 0.538. The number of rotatable bonds is 7. The van der Waals surface area contributed by atoms with Crippen molar-refractivity contribution in [3.8, 4) is 5.75 Å². The van der Waals surface area contributed by atoms with Gasteiger partial charge in [-0.3, -0.25) is 0 Å². The molecule has 1 rings (SSSR count). The van der Waals surface area contributed by atoms with E-state index in [0.29, 0.717) is 6.04 Å². The second-order valence-electron chi connectivity index (χ2n) is 4.09. The van der Waals surface area contributed by atoms with Gasteiger partial charge in [0.1, 0.15) is 5.75 Å². The van der Waals surface area contributed by atoms with Gasteiger partial charge in [0.05, 0.1) is 11.1 Å². The van der Waals surface area contributed by atoms with E-state index in [-0.39, 0.29) is 0 Å². The molecule has 90 valence electrons. The van der Waals surface area contributed by atoms with Crippen molar-refractivity contribution < 1.29 is 4.74 Å². The zero-order chi connectivity index (χ0) is 11.8. The van der Waals surface area contributed by atoms with Crippen LogP contribution in [0.3, 0.4) is 0 Å². The van der Waals surface area contributed by atoms with E-state index in [2.05, 4.69) is 35.1 Å². The summed E-state index contributed by atoms with van der Waals surface area (Å²) in [5, 5.41) is 3.39. The molecule has 0 aliphatic heterocycles. The second-order valence-corrected chi connectivity index (χ2v) is 4.95. The summed E-state index contributed by atoms with van der Waals surface area (Å²) in [6, 6.07) is 8.53. The lowest BCUT2D eigenvalue weighted by molar-refractivity contribution is 0.303. The number of benzene rings is 1. The summed E-state index contributed by atoms with van der Waals surface area (Å²) in [5.74, 6) is 0.930. The van der Waals surface area contributed by atoms with Gasteiger partial charge in [0.15, 0.2) is 0 Å². The molecule has 0 aliphatic rings. The van der Waals surface area contributed by atoms with Gasteiger partial charge < -0.3 is 10.1 Å². The maximum atomic E-state index is 5.67. The lowest BCUT2D eigenvalue weighted by Gasteiger charge is -2.09. The van der Waals surface area contributed by atoms with Gasteiger partial charge in [-0.1, -0.05) is 26.0 Å². The van der Waals surface area contributed by atoms with Crippen LogP contribution in [0.1, 0.15) is 26.7 Å². The number of ether oxygens (including phenoxy) is 1. The van der Waals surface area contributed by atoms with Crippen LogP contribution in [0.4, 0.5) is 0 Å². The molecule has 0 heterocycles. The van der Waals surface area contributed by atoms with Crippen LogP contribution in [-0.4, -0.2) is 19.2 Å². The highest BCUT2D eigenvalue weighted by molar-refractivity contribution is 9.10. The zero-order valence-electron chi connectivity index (χ0n) is 10.0. The van der Waals surface area contributed by atoms with Crippen LogP contribution in [0.25, 0.3) is 0 Å². The predicted octanol–water partition coefficient (Wildman–Crippen LogP) is 3.61. The predicted molar refractivity (Wildman–Crippen MR) is 72.0 cm³/mol. The molecule has 0 atom stereocenters. The highest BCUT2D eigenvalue weighted by atomic mass is 79.9. The number of hydrogen-bond donors (Lipinski definition) is 1. The van der Waals surface area contributed by atoms with Crippen molar-refractivity contribution in [2.75, 3.05) is 13.2 Å². The fourth-order valence-electron chi connectivity index (χ4n) is 1.36. The Morgan fingerprint density at radius 3 is 2.69 bits per heavy atom. The van der Waals surface area contributed by atoms with Gasteiger partial charge in [0, 0.05) is 6.04 Å². The van der Waals surface area contributed by atoms with Crippen LogP contribution >= 0.6 is 15.9 Å². The van der Waals surface area contributed by atoms with Crippen molar-refractivity contribution in [2.24, 2.45) is 0 Å². The van der Waals surface area contributed by atoms with Gasteiger partial charge in [-0.25, -0.2) is 0 Å². The van der Waals surface area contributed by atoms with Crippen LogP contribution in [-0.2, 0) is 0 Å². The summed E-state index contributed by atoms with van der Waals surface area (Å²) in [7, 11) is 0. The standard InChI is InChI=1S/C13H20BrNO/c1-11(2)15-9-5-6-10-16-13-8-4-3-7-12(13)14/h3-4,7-8,11,15H,5-6,9-10H2,1-2H3. The molecule has 0 unspecified atom stereocenters. The van der Waals surface area contributed by atoms with E-state index in [0.717, 1.165) is 36.2 Å². The van der Waals surface area contributed by atoms with Crippen molar-refractivity contribution in [1.29, 1.82) is 0 Å². The van der Waals surface area contributed by atoms with Crippen LogP contribution in [0.5, 0.6) is 5.75 Å². The number of unbranched alkanes of at least 4 members (excludes halogenated alkanes) is 1. The molecule has 0 radical (unpaired) electrons. The number of hydrogen-bond acceptors (Lipinski definition) is 2. The first-order chi connectivity index (χ1) is 7.70. The molecule has 3 heteroatoms. The van der Waals surface area contributed by atoms with Crippen LogP contribution in [0.15, 0.2) is 28.7 Å². The normalized spacial score (nSPS) is 10.8. The van der Waals surface area contributed by atoms with E-state index in [1.807, 2.05) is 24.3 Å². The summed E-state index contributed by atoms with van der Waals surface area (Å²) in [4.78, 5) is 0. The molecule has 0 saturated carbocycles. The third-order valence-corrected chi connectivity index (χ3v) is 2.87. The summed E-state index contributed by atoms with van der Waals surface area (Å²) >= 11 is 3.46. The van der Waals surface area contributed by atoms with E-state index < -0.39 is 0 Å². The smallest absolute Gasteiger partial charge is 0.133 e. The largest absolute Gasteiger partial charge is 0.492 e. The molecule has 1 aromatic carbocycles. The van der Waals surface area contributed by atoms with Crippen LogP contribution in [0, 0.1) is 0 Å². The van der Waals surface area contributed by atoms with Gasteiger partial charge >= 0.3 is 0 Å². The van der Waals surface area contributed by atoms with Crippen molar-refractivity contribution in [3.63, 3.8) is 0 Å². The second kappa shape index (κ2) is 7.69. The van der Waals surface area contributed by atoms with Crippen molar-refractivity contribution in [3.05, 3.63) is 28.7 Å². The minimum atomic E-state index is 0.573. The molecule has 0 spiro atoms. The molecular formula is C13H20BrNO. The average molecular weight is 286 g/mol. The minimum absolute atomic E-state index is 0.573. The molecule has 0 bridgehead atoms. The number of para-hydroxylation sites is 1. The van der Waals surface area contributed by atoms with Gasteiger partial charge in [-0.2, -0.15) is 0 Å². The van der Waals surface area contributed by atoms with E-state index in [1.165, 1.54) is 0 Å². The molecule has 0 aromatic heterocycles. The third-order valence-electron chi connectivity index (χ3n) is 2.22. The Kier molecular flexibility index (Phi) is 6.50. The Hall–Kier alpha value is -0.540. The fourth-order valence-corrected chi connectivity index (χ4v) is 1.76. The van der Waals surface area contributed by atoms with Gasteiger partial charge in [-0.15, -0.1) is 0 Å². The lowest BCUT2D eigenvalue weighted by Crippen LogP contribution is -2.23. The lowest BCUT2D eigenvalue weighted by atomic mass is 10.3. The van der Waals surface area contributed by atoms with Gasteiger partial charge in [-0.05, 0) is 47.4 Å². The highest BCUT2D eigenvalue weighted by Gasteiger charge is 1.98.